The first-order valence-corrected chi connectivity index (χ1v) is 8.91. The largest absolute Gasteiger partial charge is 0.393 e. The number of anilines is 1. The fraction of sp³-hybridized carbons (Fsp3) is 0.400. The van der Waals surface area contributed by atoms with Gasteiger partial charge in [-0.05, 0) is 39.2 Å². The number of hydrogen-bond donors (Lipinski definition) is 1. The van der Waals surface area contributed by atoms with Gasteiger partial charge in [0, 0.05) is 29.9 Å². The molecule has 4 rings (SSSR count). The van der Waals surface area contributed by atoms with Crippen LogP contribution in [-0.4, -0.2) is 38.9 Å². The minimum Gasteiger partial charge on any atom is -0.393 e. The first-order chi connectivity index (χ1) is 12.1. The molecule has 25 heavy (non-hydrogen) atoms. The second kappa shape index (κ2) is 6.15. The maximum absolute atomic E-state index is 9.85. The van der Waals surface area contributed by atoms with E-state index in [1.165, 1.54) is 0 Å². The van der Waals surface area contributed by atoms with E-state index in [1.54, 1.807) is 0 Å². The van der Waals surface area contributed by atoms with Crippen LogP contribution in [0.15, 0.2) is 30.3 Å². The van der Waals surface area contributed by atoms with Gasteiger partial charge in [-0.25, -0.2) is 4.98 Å². The SMILES string of the molecule is Cc1nc2c(-c3ccccc3)c(C)nn2c(N2CCC(O)CC2)c1C. The molecule has 1 N–H and O–H groups in total. The van der Waals surface area contributed by atoms with E-state index in [0.29, 0.717) is 0 Å². The van der Waals surface area contributed by atoms with E-state index < -0.39 is 0 Å². The van der Waals surface area contributed by atoms with Gasteiger partial charge in [0.2, 0.25) is 0 Å². The molecule has 1 fully saturated rings. The summed E-state index contributed by atoms with van der Waals surface area (Å²) in [5.41, 5.74) is 6.33. The van der Waals surface area contributed by atoms with Crippen LogP contribution in [0.1, 0.15) is 29.8 Å². The van der Waals surface area contributed by atoms with Gasteiger partial charge in [-0.3, -0.25) is 0 Å². The van der Waals surface area contributed by atoms with Gasteiger partial charge in [0.05, 0.1) is 11.8 Å². The number of aliphatic hydroxyl groups is 1. The third kappa shape index (κ3) is 2.68. The van der Waals surface area contributed by atoms with Gasteiger partial charge < -0.3 is 10.0 Å². The maximum Gasteiger partial charge on any atom is 0.165 e. The number of piperidine rings is 1. The number of fused-ring (bicyclic) bond motifs is 1. The first-order valence-electron chi connectivity index (χ1n) is 8.91. The predicted octanol–water partition coefficient (Wildman–Crippen LogP) is 3.28. The highest BCUT2D eigenvalue weighted by Gasteiger charge is 2.24. The minimum atomic E-state index is -0.186. The zero-order chi connectivity index (χ0) is 17.6. The van der Waals surface area contributed by atoms with Gasteiger partial charge in [0.1, 0.15) is 5.82 Å². The van der Waals surface area contributed by atoms with E-state index in [9.17, 15) is 5.11 Å². The maximum atomic E-state index is 9.85. The highest BCUT2D eigenvalue weighted by Crippen LogP contribution is 2.33. The van der Waals surface area contributed by atoms with Gasteiger partial charge in [-0.1, -0.05) is 30.3 Å². The third-order valence-corrected chi connectivity index (χ3v) is 5.21. The Bertz CT molecular complexity index is 909. The van der Waals surface area contributed by atoms with E-state index in [1.807, 2.05) is 29.6 Å². The zero-order valence-electron chi connectivity index (χ0n) is 15.0. The summed E-state index contributed by atoms with van der Waals surface area (Å²) in [6, 6.07) is 10.3. The van der Waals surface area contributed by atoms with Crippen molar-refractivity contribution in [2.45, 2.75) is 39.7 Å². The Balaban J connectivity index is 1.93. The minimum absolute atomic E-state index is 0.186. The molecule has 2 aromatic heterocycles. The van der Waals surface area contributed by atoms with E-state index in [-0.39, 0.29) is 6.10 Å². The molecule has 1 aliphatic rings. The van der Waals surface area contributed by atoms with E-state index in [2.05, 4.69) is 30.9 Å². The van der Waals surface area contributed by atoms with Crippen LogP contribution >= 0.6 is 0 Å². The van der Waals surface area contributed by atoms with Crippen molar-refractivity contribution in [1.29, 1.82) is 0 Å². The van der Waals surface area contributed by atoms with Crippen LogP contribution in [0.3, 0.4) is 0 Å². The van der Waals surface area contributed by atoms with E-state index in [0.717, 1.165) is 65.5 Å². The van der Waals surface area contributed by atoms with Crippen molar-refractivity contribution in [3.8, 4) is 11.1 Å². The first kappa shape index (κ1) is 16.1. The number of aliphatic hydroxyl groups excluding tert-OH is 1. The number of benzene rings is 1. The van der Waals surface area contributed by atoms with Gasteiger partial charge in [0.15, 0.2) is 5.65 Å². The van der Waals surface area contributed by atoms with Crippen LogP contribution in [-0.2, 0) is 0 Å². The number of aryl methyl sites for hydroxylation is 2. The highest BCUT2D eigenvalue weighted by atomic mass is 16.3. The molecule has 1 saturated heterocycles. The molecule has 0 radical (unpaired) electrons. The molecule has 0 saturated carbocycles. The van der Waals surface area contributed by atoms with E-state index >= 15 is 0 Å². The molecule has 0 bridgehead atoms. The predicted molar refractivity (Wildman–Crippen MR) is 100 cm³/mol. The molecule has 1 aliphatic heterocycles. The Labute approximate surface area is 147 Å². The Morgan fingerprint density at radius 1 is 1.00 bits per heavy atom. The molecule has 0 spiro atoms. The normalized spacial score (nSPS) is 15.9. The summed E-state index contributed by atoms with van der Waals surface area (Å²) in [4.78, 5) is 7.21. The van der Waals surface area contributed by atoms with Crippen molar-refractivity contribution in [2.75, 3.05) is 18.0 Å². The third-order valence-electron chi connectivity index (χ3n) is 5.21. The lowest BCUT2D eigenvalue weighted by Crippen LogP contribution is -2.37. The molecule has 0 unspecified atom stereocenters. The van der Waals surface area contributed by atoms with Gasteiger partial charge in [-0.2, -0.15) is 9.61 Å². The van der Waals surface area contributed by atoms with Crippen LogP contribution in [0.25, 0.3) is 16.8 Å². The summed E-state index contributed by atoms with van der Waals surface area (Å²) in [6.45, 7) is 7.92. The monoisotopic (exact) mass is 336 g/mol. The molecular formula is C20H24N4O. The molecule has 0 aliphatic carbocycles. The molecule has 5 nitrogen and oxygen atoms in total. The number of nitrogens with zero attached hydrogens (tertiary/aromatic N) is 4. The lowest BCUT2D eigenvalue weighted by Gasteiger charge is -2.32. The molecule has 0 amide bonds. The van der Waals surface area contributed by atoms with Crippen LogP contribution in [0.2, 0.25) is 0 Å². The summed E-state index contributed by atoms with van der Waals surface area (Å²) < 4.78 is 2.00. The number of rotatable bonds is 2. The molecular weight excluding hydrogens is 312 g/mol. The van der Waals surface area contributed by atoms with Gasteiger partial charge in [0.25, 0.3) is 0 Å². The number of aromatic nitrogens is 3. The lowest BCUT2D eigenvalue weighted by atomic mass is 10.1. The van der Waals surface area contributed by atoms with Crippen molar-refractivity contribution in [1.82, 2.24) is 14.6 Å². The molecule has 3 heterocycles. The van der Waals surface area contributed by atoms with Gasteiger partial charge >= 0.3 is 0 Å². The second-order valence-corrected chi connectivity index (χ2v) is 6.93. The topological polar surface area (TPSA) is 53.7 Å². The fourth-order valence-electron chi connectivity index (χ4n) is 3.72. The summed E-state index contributed by atoms with van der Waals surface area (Å²) in [7, 11) is 0. The Hall–Kier alpha value is -2.40. The van der Waals surface area contributed by atoms with Crippen molar-refractivity contribution in [3.63, 3.8) is 0 Å². The van der Waals surface area contributed by atoms with Crippen LogP contribution in [0.5, 0.6) is 0 Å². The Morgan fingerprint density at radius 2 is 1.68 bits per heavy atom. The van der Waals surface area contributed by atoms with Crippen LogP contribution < -0.4 is 4.90 Å². The van der Waals surface area contributed by atoms with Crippen LogP contribution in [0.4, 0.5) is 5.82 Å². The van der Waals surface area contributed by atoms with Crippen molar-refractivity contribution < 1.29 is 5.11 Å². The smallest absolute Gasteiger partial charge is 0.165 e. The summed E-state index contributed by atoms with van der Waals surface area (Å²) in [6.07, 6.45) is 1.41. The standard InChI is InChI=1S/C20H24N4O/c1-13-14(2)21-19-18(16-7-5-4-6-8-16)15(3)22-24(19)20(13)23-11-9-17(25)10-12-23/h4-8,17,25H,9-12H2,1-3H3. The fourth-order valence-corrected chi connectivity index (χ4v) is 3.72. The highest BCUT2D eigenvalue weighted by molar-refractivity contribution is 5.81. The summed E-state index contributed by atoms with van der Waals surface area (Å²) >= 11 is 0. The lowest BCUT2D eigenvalue weighted by molar-refractivity contribution is 0.145. The van der Waals surface area contributed by atoms with Crippen molar-refractivity contribution >= 4 is 11.5 Å². The van der Waals surface area contributed by atoms with Crippen molar-refractivity contribution in [2.24, 2.45) is 0 Å². The zero-order valence-corrected chi connectivity index (χ0v) is 15.0. The molecule has 1 aromatic carbocycles. The average Bonchev–Trinajstić information content (AvgIpc) is 2.93. The Morgan fingerprint density at radius 3 is 2.36 bits per heavy atom. The Kier molecular flexibility index (Phi) is 3.96. The second-order valence-electron chi connectivity index (χ2n) is 6.93. The van der Waals surface area contributed by atoms with Gasteiger partial charge in [-0.15, -0.1) is 0 Å². The molecule has 130 valence electrons. The molecule has 0 atom stereocenters. The van der Waals surface area contributed by atoms with Crippen molar-refractivity contribution in [3.05, 3.63) is 47.3 Å². The van der Waals surface area contributed by atoms with E-state index in [4.69, 9.17) is 10.1 Å². The summed E-state index contributed by atoms with van der Waals surface area (Å²) in [5, 5.41) is 14.7. The summed E-state index contributed by atoms with van der Waals surface area (Å²) in [5.74, 6) is 1.11. The molecule has 3 aromatic rings. The van der Waals surface area contributed by atoms with Crippen LogP contribution in [0, 0.1) is 20.8 Å². The average molecular weight is 336 g/mol. The number of hydrogen-bond acceptors (Lipinski definition) is 4. The molecule has 5 heteroatoms. The quantitative estimate of drug-likeness (QED) is 0.780.